The minimum Gasteiger partial charge on any atom is -0.493 e. The molecule has 0 spiro atoms. The van der Waals surface area contributed by atoms with Crippen LogP contribution in [0.3, 0.4) is 0 Å². The molecule has 0 radical (unpaired) electrons. The molecule has 1 aliphatic rings. The summed E-state index contributed by atoms with van der Waals surface area (Å²) >= 11 is 13.6. The molecule has 10 heteroatoms. The average Bonchev–Trinajstić information content (AvgIpc) is 3.26. The number of methoxy groups -OCH3 is 1. The zero-order valence-electron chi connectivity index (χ0n) is 22.5. The monoisotopic (exact) mass is 608 g/mol. The number of esters is 1. The third-order valence-electron chi connectivity index (χ3n) is 6.53. The van der Waals surface area contributed by atoms with Crippen molar-refractivity contribution in [2.45, 2.75) is 26.5 Å². The third-order valence-corrected chi connectivity index (χ3v) is 8.13. The van der Waals surface area contributed by atoms with Gasteiger partial charge in [0.2, 0.25) is 0 Å². The van der Waals surface area contributed by atoms with Crippen LogP contribution in [0.15, 0.2) is 87.8 Å². The number of ether oxygens (including phenoxy) is 3. The molecule has 1 atom stereocenters. The van der Waals surface area contributed by atoms with E-state index in [1.54, 1.807) is 63.4 Å². The zero-order valence-corrected chi connectivity index (χ0v) is 24.8. The lowest BCUT2D eigenvalue weighted by Gasteiger charge is -2.24. The van der Waals surface area contributed by atoms with E-state index in [-0.39, 0.29) is 18.8 Å². The number of rotatable bonds is 8. The first-order valence-corrected chi connectivity index (χ1v) is 14.4. The molecule has 0 unspecified atom stereocenters. The first kappa shape index (κ1) is 28.7. The van der Waals surface area contributed by atoms with Gasteiger partial charge in [-0.1, -0.05) is 70.9 Å². The van der Waals surface area contributed by atoms with Gasteiger partial charge in [0.1, 0.15) is 6.61 Å². The number of fused-ring (bicyclic) bond motifs is 1. The van der Waals surface area contributed by atoms with Crippen molar-refractivity contribution in [3.8, 4) is 11.5 Å². The Morgan fingerprint density at radius 2 is 1.83 bits per heavy atom. The first-order valence-electron chi connectivity index (χ1n) is 12.8. The van der Waals surface area contributed by atoms with Gasteiger partial charge in [-0.3, -0.25) is 9.36 Å². The number of hydrogen-bond donors (Lipinski definition) is 0. The van der Waals surface area contributed by atoms with E-state index in [2.05, 4.69) is 4.99 Å². The van der Waals surface area contributed by atoms with E-state index in [4.69, 9.17) is 37.4 Å². The predicted molar refractivity (Wildman–Crippen MR) is 161 cm³/mol. The largest absolute Gasteiger partial charge is 0.493 e. The molecule has 2 heterocycles. The van der Waals surface area contributed by atoms with Crippen molar-refractivity contribution in [3.05, 3.63) is 124 Å². The molecule has 0 amide bonds. The molecule has 0 N–H and O–H groups in total. The maximum atomic E-state index is 13.8. The number of carbonyl (C=O) groups excluding carboxylic acids is 1. The van der Waals surface area contributed by atoms with Crippen molar-refractivity contribution in [1.82, 2.24) is 4.57 Å². The Hall–Kier alpha value is -3.85. The zero-order chi connectivity index (χ0) is 29.1. The average molecular weight is 610 g/mol. The van der Waals surface area contributed by atoms with Gasteiger partial charge in [-0.2, -0.15) is 0 Å². The maximum Gasteiger partial charge on any atom is 0.338 e. The van der Waals surface area contributed by atoms with Crippen LogP contribution in [0.4, 0.5) is 0 Å². The Morgan fingerprint density at radius 3 is 2.54 bits per heavy atom. The Labute approximate surface area is 250 Å². The molecule has 3 aromatic carbocycles. The molecule has 0 saturated carbocycles. The number of hydrogen-bond acceptors (Lipinski definition) is 7. The minimum atomic E-state index is -0.708. The van der Waals surface area contributed by atoms with Crippen molar-refractivity contribution in [1.29, 1.82) is 0 Å². The summed E-state index contributed by atoms with van der Waals surface area (Å²) in [5.74, 6) is 0.543. The van der Waals surface area contributed by atoms with Gasteiger partial charge >= 0.3 is 5.97 Å². The van der Waals surface area contributed by atoms with E-state index in [9.17, 15) is 9.59 Å². The molecule has 210 valence electrons. The highest BCUT2D eigenvalue weighted by molar-refractivity contribution is 7.07. The van der Waals surface area contributed by atoms with Crippen molar-refractivity contribution in [2.24, 2.45) is 4.99 Å². The smallest absolute Gasteiger partial charge is 0.338 e. The van der Waals surface area contributed by atoms with Gasteiger partial charge in [-0.15, -0.1) is 0 Å². The topological polar surface area (TPSA) is 79.1 Å². The van der Waals surface area contributed by atoms with E-state index in [1.807, 2.05) is 30.3 Å². The molecule has 0 fully saturated rings. The number of allylic oxidation sites excluding steroid dienone is 1. The minimum absolute atomic E-state index is 0.202. The highest BCUT2D eigenvalue weighted by Crippen LogP contribution is 2.32. The Morgan fingerprint density at radius 1 is 1.07 bits per heavy atom. The summed E-state index contributed by atoms with van der Waals surface area (Å²) in [6, 6.07) is 19.2. The van der Waals surface area contributed by atoms with E-state index in [0.29, 0.717) is 42.1 Å². The molecule has 0 aliphatic carbocycles. The van der Waals surface area contributed by atoms with Crippen LogP contribution in [-0.2, 0) is 16.1 Å². The van der Waals surface area contributed by atoms with E-state index >= 15 is 0 Å². The van der Waals surface area contributed by atoms with Gasteiger partial charge in [0, 0.05) is 15.6 Å². The highest BCUT2D eigenvalue weighted by Gasteiger charge is 2.33. The van der Waals surface area contributed by atoms with E-state index in [0.717, 1.165) is 16.7 Å². The van der Waals surface area contributed by atoms with Gasteiger partial charge < -0.3 is 14.2 Å². The second-order valence-electron chi connectivity index (χ2n) is 9.14. The first-order chi connectivity index (χ1) is 19.8. The van der Waals surface area contributed by atoms with Gasteiger partial charge in [0.15, 0.2) is 16.3 Å². The number of carbonyl (C=O) groups is 1. The number of nitrogens with zero attached hydrogens (tertiary/aromatic N) is 2. The fraction of sp³-hybridized carbons (Fsp3) is 0.194. The van der Waals surface area contributed by atoms with Crippen molar-refractivity contribution in [3.63, 3.8) is 0 Å². The summed E-state index contributed by atoms with van der Waals surface area (Å²) in [6.45, 7) is 3.97. The lowest BCUT2D eigenvalue weighted by molar-refractivity contribution is -0.139. The van der Waals surface area contributed by atoms with Crippen molar-refractivity contribution >= 4 is 46.6 Å². The standard InChI is InChI=1S/C31H26Cl2N2O5S/c1-4-39-30(37)27-18(2)34-31-35(28(27)20-10-12-22(32)13-11-20)29(36)26(41-31)16-19-9-14-24(25(15-19)38-3)40-17-21-7-5-6-8-23(21)33/h5-16,28H,4,17H2,1-3H3/b26-16-/t28-/m0/s1. The fourth-order valence-electron chi connectivity index (χ4n) is 4.57. The summed E-state index contributed by atoms with van der Waals surface area (Å²) in [5.41, 5.74) is 2.85. The van der Waals surface area contributed by atoms with Crippen LogP contribution in [0.1, 0.15) is 36.6 Å². The summed E-state index contributed by atoms with van der Waals surface area (Å²) in [7, 11) is 1.56. The molecule has 7 nitrogen and oxygen atoms in total. The van der Waals surface area contributed by atoms with Gasteiger partial charge in [-0.05, 0) is 61.4 Å². The number of benzene rings is 3. The van der Waals surface area contributed by atoms with Crippen LogP contribution in [0.2, 0.25) is 10.0 Å². The summed E-state index contributed by atoms with van der Waals surface area (Å²) in [6.07, 6.45) is 1.77. The summed E-state index contributed by atoms with van der Waals surface area (Å²) < 4.78 is 18.9. The Bertz CT molecular complexity index is 1830. The molecule has 0 bridgehead atoms. The van der Waals surface area contributed by atoms with Gasteiger partial charge in [0.05, 0.1) is 35.6 Å². The summed E-state index contributed by atoms with van der Waals surface area (Å²) in [5, 5.41) is 1.17. The second kappa shape index (κ2) is 12.3. The van der Waals surface area contributed by atoms with Crippen LogP contribution < -0.4 is 24.4 Å². The molecule has 4 aromatic rings. The number of aromatic nitrogens is 1. The van der Waals surface area contributed by atoms with E-state index in [1.165, 1.54) is 15.9 Å². The van der Waals surface area contributed by atoms with Crippen molar-refractivity contribution < 1.29 is 19.0 Å². The Balaban J connectivity index is 1.54. The molecule has 1 aliphatic heterocycles. The fourth-order valence-corrected chi connectivity index (χ4v) is 5.93. The quantitative estimate of drug-likeness (QED) is 0.240. The van der Waals surface area contributed by atoms with Gasteiger partial charge in [-0.25, -0.2) is 9.79 Å². The molecule has 0 saturated heterocycles. The van der Waals surface area contributed by atoms with Crippen LogP contribution in [0.25, 0.3) is 6.08 Å². The second-order valence-corrected chi connectivity index (χ2v) is 11.0. The lowest BCUT2D eigenvalue weighted by Crippen LogP contribution is -2.39. The summed E-state index contributed by atoms with van der Waals surface area (Å²) in [4.78, 5) is 31.9. The van der Waals surface area contributed by atoms with Crippen LogP contribution in [0.5, 0.6) is 11.5 Å². The Kier molecular flexibility index (Phi) is 8.63. The number of thiazole rings is 1. The normalized spacial score (nSPS) is 14.9. The molecular formula is C31H26Cl2N2O5S. The highest BCUT2D eigenvalue weighted by atomic mass is 35.5. The van der Waals surface area contributed by atoms with Crippen LogP contribution in [0, 0.1) is 0 Å². The molecular weight excluding hydrogens is 583 g/mol. The van der Waals surface area contributed by atoms with Crippen LogP contribution >= 0.6 is 34.5 Å². The molecule has 41 heavy (non-hydrogen) atoms. The molecule has 1 aromatic heterocycles. The predicted octanol–water partition coefficient (Wildman–Crippen LogP) is 5.69. The number of halogens is 2. The maximum absolute atomic E-state index is 13.8. The van der Waals surface area contributed by atoms with E-state index < -0.39 is 12.0 Å². The van der Waals surface area contributed by atoms with Crippen LogP contribution in [-0.4, -0.2) is 24.3 Å². The lowest BCUT2D eigenvalue weighted by atomic mass is 9.96. The molecule has 5 rings (SSSR count). The SMILES string of the molecule is CCOC(=O)C1=C(C)N=c2s/c(=C\c3ccc(OCc4ccccc4Cl)c(OC)c3)c(=O)n2[C@H]1c1ccc(Cl)cc1. The van der Waals surface area contributed by atoms with Crippen molar-refractivity contribution in [2.75, 3.05) is 13.7 Å². The third kappa shape index (κ3) is 5.95. The van der Waals surface area contributed by atoms with Gasteiger partial charge in [0.25, 0.3) is 5.56 Å².